The second-order valence-electron chi connectivity index (χ2n) is 7.10. The Morgan fingerprint density at radius 3 is 2.60 bits per heavy atom. The van der Waals surface area contributed by atoms with Gasteiger partial charge in [0.05, 0.1) is 24.3 Å². The van der Waals surface area contributed by atoms with E-state index in [9.17, 15) is 19.1 Å². The van der Waals surface area contributed by atoms with Gasteiger partial charge in [0, 0.05) is 20.3 Å². The smallest absolute Gasteiger partial charge is 0.295 e. The number of ketones is 1. The number of likely N-dealkylation sites (tertiary alicyclic amines) is 1. The van der Waals surface area contributed by atoms with E-state index in [1.54, 1.807) is 13.2 Å². The third-order valence-electron chi connectivity index (χ3n) is 5.06. The number of Topliss-reactive ketones (excluding diaryl/α,β-unsaturated/α-hetero) is 1. The first kappa shape index (κ1) is 21.5. The lowest BCUT2D eigenvalue weighted by molar-refractivity contribution is -0.140. The van der Waals surface area contributed by atoms with E-state index in [1.807, 2.05) is 25.1 Å². The molecule has 3 rings (SSSR count). The Morgan fingerprint density at radius 2 is 1.93 bits per heavy atom. The zero-order chi connectivity index (χ0) is 21.8. The van der Waals surface area contributed by atoms with Crippen molar-refractivity contribution < 1.29 is 28.6 Å². The van der Waals surface area contributed by atoms with Crippen LogP contribution in [0.5, 0.6) is 5.75 Å². The molecule has 0 radical (unpaired) electrons. The first-order chi connectivity index (χ1) is 14.4. The summed E-state index contributed by atoms with van der Waals surface area (Å²) in [5, 5.41) is 11.0. The van der Waals surface area contributed by atoms with Gasteiger partial charge in [0.15, 0.2) is 0 Å². The predicted molar refractivity (Wildman–Crippen MR) is 110 cm³/mol. The van der Waals surface area contributed by atoms with Crippen molar-refractivity contribution in [3.63, 3.8) is 0 Å². The lowest BCUT2D eigenvalue weighted by atomic mass is 9.94. The van der Waals surface area contributed by atoms with Crippen LogP contribution in [0.4, 0.5) is 4.39 Å². The van der Waals surface area contributed by atoms with E-state index >= 15 is 0 Å². The standard InChI is InChI=1S/C23H24FNO5/c1-14-6-4-7-15(12-14)20-19(22(27)23(28)25(20)10-5-11-29-2)21(26)17-13-16(24)8-9-18(17)30-3/h4,6-9,12-13,20,26H,5,10-11H2,1-3H3/b21-19+. The van der Waals surface area contributed by atoms with E-state index < -0.39 is 29.3 Å². The third-order valence-corrected chi connectivity index (χ3v) is 5.06. The summed E-state index contributed by atoms with van der Waals surface area (Å²) in [4.78, 5) is 27.2. The van der Waals surface area contributed by atoms with Gasteiger partial charge in [-0.2, -0.15) is 0 Å². The number of halogens is 1. The fraction of sp³-hybridized carbons (Fsp3) is 0.304. The van der Waals surface area contributed by atoms with Gasteiger partial charge in [-0.05, 0) is 37.1 Å². The number of aryl methyl sites for hydroxylation is 1. The molecule has 1 atom stereocenters. The molecule has 0 aliphatic carbocycles. The van der Waals surface area contributed by atoms with Gasteiger partial charge in [-0.1, -0.05) is 29.8 Å². The number of aliphatic hydroxyl groups is 1. The van der Waals surface area contributed by atoms with E-state index in [2.05, 4.69) is 0 Å². The normalized spacial score (nSPS) is 18.1. The highest BCUT2D eigenvalue weighted by Crippen LogP contribution is 2.41. The number of amides is 1. The van der Waals surface area contributed by atoms with Crippen LogP contribution in [0.15, 0.2) is 48.0 Å². The second kappa shape index (κ2) is 9.09. The van der Waals surface area contributed by atoms with Crippen molar-refractivity contribution >= 4 is 17.4 Å². The van der Waals surface area contributed by atoms with Crippen molar-refractivity contribution in [2.24, 2.45) is 0 Å². The summed E-state index contributed by atoms with van der Waals surface area (Å²) >= 11 is 0. The molecule has 1 amide bonds. The van der Waals surface area contributed by atoms with Gasteiger partial charge < -0.3 is 19.5 Å². The minimum Gasteiger partial charge on any atom is -0.507 e. The zero-order valence-electron chi connectivity index (χ0n) is 17.1. The fourth-order valence-electron chi connectivity index (χ4n) is 3.69. The lowest BCUT2D eigenvalue weighted by Crippen LogP contribution is -2.31. The topological polar surface area (TPSA) is 76.1 Å². The van der Waals surface area contributed by atoms with Crippen molar-refractivity contribution in [2.45, 2.75) is 19.4 Å². The number of benzene rings is 2. The monoisotopic (exact) mass is 413 g/mol. The van der Waals surface area contributed by atoms with Crippen LogP contribution in [-0.2, 0) is 14.3 Å². The maximum absolute atomic E-state index is 13.9. The molecule has 1 N–H and O–H groups in total. The average Bonchev–Trinajstić information content (AvgIpc) is 2.98. The molecule has 1 saturated heterocycles. The molecule has 158 valence electrons. The van der Waals surface area contributed by atoms with Gasteiger partial charge in [0.1, 0.15) is 17.3 Å². The highest BCUT2D eigenvalue weighted by atomic mass is 19.1. The quantitative estimate of drug-likeness (QED) is 0.325. The molecule has 7 heteroatoms. The summed E-state index contributed by atoms with van der Waals surface area (Å²) in [5.74, 6) is -2.40. The van der Waals surface area contributed by atoms with Crippen LogP contribution in [0.3, 0.4) is 0 Å². The SMILES string of the molecule is COCCCN1C(=O)C(=O)/C(=C(/O)c2cc(F)ccc2OC)C1c1cccc(C)c1. The predicted octanol–water partition coefficient (Wildman–Crippen LogP) is 3.60. The van der Waals surface area contributed by atoms with Gasteiger partial charge in [0.25, 0.3) is 11.7 Å². The Balaban J connectivity index is 2.19. The summed E-state index contributed by atoms with van der Waals surface area (Å²) in [6, 6.07) is 10.2. The highest BCUT2D eigenvalue weighted by molar-refractivity contribution is 6.46. The van der Waals surface area contributed by atoms with Crippen molar-refractivity contribution in [1.82, 2.24) is 4.90 Å². The number of carbonyl (C=O) groups excluding carboxylic acids is 2. The van der Waals surface area contributed by atoms with Crippen molar-refractivity contribution in [2.75, 3.05) is 27.4 Å². The Hall–Kier alpha value is -3.19. The Morgan fingerprint density at radius 1 is 1.17 bits per heavy atom. The van der Waals surface area contributed by atoms with E-state index in [4.69, 9.17) is 9.47 Å². The van der Waals surface area contributed by atoms with Gasteiger partial charge in [-0.3, -0.25) is 9.59 Å². The highest BCUT2D eigenvalue weighted by Gasteiger charge is 2.46. The Bertz CT molecular complexity index is 1000. The number of methoxy groups -OCH3 is 2. The van der Waals surface area contributed by atoms with Crippen molar-refractivity contribution in [3.05, 3.63) is 70.5 Å². The number of ether oxygens (including phenoxy) is 2. The molecule has 30 heavy (non-hydrogen) atoms. The van der Waals surface area contributed by atoms with E-state index in [-0.39, 0.29) is 23.4 Å². The molecule has 0 bridgehead atoms. The second-order valence-corrected chi connectivity index (χ2v) is 7.10. The zero-order valence-corrected chi connectivity index (χ0v) is 17.1. The molecule has 2 aromatic rings. The van der Waals surface area contributed by atoms with Gasteiger partial charge in [0.2, 0.25) is 0 Å². The summed E-state index contributed by atoms with van der Waals surface area (Å²) in [5.41, 5.74) is 1.55. The number of nitrogens with zero attached hydrogens (tertiary/aromatic N) is 1. The van der Waals surface area contributed by atoms with Crippen LogP contribution in [-0.4, -0.2) is 49.1 Å². The summed E-state index contributed by atoms with van der Waals surface area (Å²) in [7, 11) is 2.94. The van der Waals surface area contributed by atoms with Gasteiger partial charge >= 0.3 is 0 Å². The van der Waals surface area contributed by atoms with Crippen LogP contribution in [0.2, 0.25) is 0 Å². The summed E-state index contributed by atoms with van der Waals surface area (Å²) in [6.07, 6.45) is 0.523. The molecule has 1 heterocycles. The van der Waals surface area contributed by atoms with E-state index in [1.165, 1.54) is 24.1 Å². The van der Waals surface area contributed by atoms with Crippen LogP contribution in [0, 0.1) is 12.7 Å². The molecular formula is C23H24FNO5. The first-order valence-corrected chi connectivity index (χ1v) is 9.56. The van der Waals surface area contributed by atoms with Crippen molar-refractivity contribution in [1.29, 1.82) is 0 Å². The third kappa shape index (κ3) is 4.07. The molecule has 1 aliphatic heterocycles. The maximum Gasteiger partial charge on any atom is 0.295 e. The first-order valence-electron chi connectivity index (χ1n) is 9.56. The van der Waals surface area contributed by atoms with Gasteiger partial charge in [-0.25, -0.2) is 4.39 Å². The minimum atomic E-state index is -0.817. The average molecular weight is 413 g/mol. The minimum absolute atomic E-state index is 0.0186. The molecule has 1 unspecified atom stereocenters. The van der Waals surface area contributed by atoms with Crippen LogP contribution in [0.25, 0.3) is 5.76 Å². The number of carbonyl (C=O) groups is 2. The summed E-state index contributed by atoms with van der Waals surface area (Å²) < 4.78 is 24.2. The number of hydrogen-bond donors (Lipinski definition) is 1. The number of aliphatic hydroxyl groups excluding tert-OH is 1. The molecule has 0 saturated carbocycles. The Labute approximate surface area is 174 Å². The number of rotatable bonds is 7. The summed E-state index contributed by atoms with van der Waals surface area (Å²) in [6.45, 7) is 2.59. The molecule has 1 aliphatic rings. The lowest BCUT2D eigenvalue weighted by Gasteiger charge is -2.25. The van der Waals surface area contributed by atoms with E-state index in [0.29, 0.717) is 18.6 Å². The number of hydrogen-bond acceptors (Lipinski definition) is 5. The Kier molecular flexibility index (Phi) is 6.52. The molecule has 0 aromatic heterocycles. The van der Waals surface area contributed by atoms with Crippen LogP contribution >= 0.6 is 0 Å². The van der Waals surface area contributed by atoms with Crippen LogP contribution < -0.4 is 4.74 Å². The molecule has 0 spiro atoms. The molecular weight excluding hydrogens is 389 g/mol. The molecule has 6 nitrogen and oxygen atoms in total. The van der Waals surface area contributed by atoms with E-state index in [0.717, 1.165) is 11.6 Å². The van der Waals surface area contributed by atoms with Crippen LogP contribution in [0.1, 0.15) is 29.2 Å². The molecule has 2 aromatic carbocycles. The molecule has 1 fully saturated rings. The largest absolute Gasteiger partial charge is 0.507 e. The van der Waals surface area contributed by atoms with Crippen molar-refractivity contribution in [3.8, 4) is 5.75 Å². The van der Waals surface area contributed by atoms with Gasteiger partial charge in [-0.15, -0.1) is 0 Å². The maximum atomic E-state index is 13.9. The fourth-order valence-corrected chi connectivity index (χ4v) is 3.69.